The van der Waals surface area contributed by atoms with E-state index < -0.39 is 5.91 Å². The number of rotatable bonds is 6. The molecule has 0 aromatic heterocycles. The number of hydrogen-bond donors (Lipinski definition) is 3. The number of hydrogen-bond acceptors (Lipinski definition) is 5. The summed E-state index contributed by atoms with van der Waals surface area (Å²) in [7, 11) is 1.49. The summed E-state index contributed by atoms with van der Waals surface area (Å²) in [5, 5.41) is 2.84. The summed E-state index contributed by atoms with van der Waals surface area (Å²) in [4.78, 5) is 23.0. The van der Waals surface area contributed by atoms with E-state index in [2.05, 4.69) is 5.32 Å². The molecule has 2 atom stereocenters. The third-order valence-electron chi connectivity index (χ3n) is 3.65. The molecule has 0 spiro atoms. The van der Waals surface area contributed by atoms with Crippen LogP contribution in [0.5, 0.6) is 11.5 Å². The highest BCUT2D eigenvalue weighted by atomic mass is 35.5. The molecule has 0 bridgehead atoms. The third kappa shape index (κ3) is 5.30. The van der Waals surface area contributed by atoms with E-state index in [1.807, 2.05) is 0 Å². The van der Waals surface area contributed by atoms with Gasteiger partial charge in [0.05, 0.1) is 7.11 Å². The van der Waals surface area contributed by atoms with Gasteiger partial charge in [0.15, 0.2) is 18.1 Å². The second kappa shape index (κ2) is 8.59. The van der Waals surface area contributed by atoms with E-state index in [9.17, 15) is 9.59 Å². The predicted octanol–water partition coefficient (Wildman–Crippen LogP) is 1.05. The second-order valence-corrected chi connectivity index (χ2v) is 5.38. The largest absolute Gasteiger partial charge is 0.493 e. The molecule has 0 radical (unpaired) electrons. The van der Waals surface area contributed by atoms with Crippen molar-refractivity contribution in [2.24, 2.45) is 17.4 Å². The van der Waals surface area contributed by atoms with Gasteiger partial charge in [0.1, 0.15) is 0 Å². The number of methoxy groups -OCH3 is 1. The van der Waals surface area contributed by atoms with E-state index in [0.717, 1.165) is 12.8 Å². The normalized spacial score (nSPS) is 19.6. The SMILES string of the molecule is COc1ccc(NC(=O)C2CCC(N)C2)cc1OCC(N)=O.Cl. The average Bonchev–Trinajstić information content (AvgIpc) is 2.92. The Hall–Kier alpha value is -1.99. The highest BCUT2D eigenvalue weighted by Gasteiger charge is 2.27. The molecular formula is C15H22ClN3O4. The first-order valence-corrected chi connectivity index (χ1v) is 7.15. The molecule has 1 aromatic rings. The molecule has 1 fully saturated rings. The third-order valence-corrected chi connectivity index (χ3v) is 3.65. The summed E-state index contributed by atoms with van der Waals surface area (Å²) in [6.07, 6.45) is 2.37. The van der Waals surface area contributed by atoms with E-state index in [-0.39, 0.29) is 36.9 Å². The molecule has 2 rings (SSSR count). The van der Waals surface area contributed by atoms with Crippen LogP contribution in [-0.2, 0) is 9.59 Å². The molecule has 1 aliphatic carbocycles. The van der Waals surface area contributed by atoms with Gasteiger partial charge in [-0.15, -0.1) is 12.4 Å². The number of carbonyl (C=O) groups excluding carboxylic acids is 2. The van der Waals surface area contributed by atoms with Gasteiger partial charge in [-0.3, -0.25) is 9.59 Å². The van der Waals surface area contributed by atoms with Crippen LogP contribution in [0.1, 0.15) is 19.3 Å². The van der Waals surface area contributed by atoms with Crippen LogP contribution in [0.15, 0.2) is 18.2 Å². The van der Waals surface area contributed by atoms with Crippen LogP contribution < -0.4 is 26.3 Å². The van der Waals surface area contributed by atoms with Gasteiger partial charge in [-0.1, -0.05) is 0 Å². The van der Waals surface area contributed by atoms with Crippen LogP contribution in [0.4, 0.5) is 5.69 Å². The Morgan fingerprint density at radius 3 is 2.61 bits per heavy atom. The van der Waals surface area contributed by atoms with Crippen LogP contribution in [0.25, 0.3) is 0 Å². The topological polar surface area (TPSA) is 117 Å². The molecular weight excluding hydrogens is 322 g/mol. The molecule has 2 unspecified atom stereocenters. The standard InChI is InChI=1S/C15H21N3O4.ClH/c1-21-12-5-4-11(7-13(12)22-8-14(17)19)18-15(20)9-2-3-10(16)6-9;/h4-5,7,9-10H,2-3,6,8,16H2,1H3,(H2,17,19)(H,18,20);1H. The molecule has 2 amide bonds. The fraction of sp³-hybridized carbons (Fsp3) is 0.467. The van der Waals surface area contributed by atoms with E-state index in [0.29, 0.717) is 23.6 Å². The Balaban J connectivity index is 0.00000264. The highest BCUT2D eigenvalue weighted by molar-refractivity contribution is 5.93. The number of ether oxygens (including phenoxy) is 2. The fourth-order valence-corrected chi connectivity index (χ4v) is 2.52. The van der Waals surface area contributed by atoms with Crippen LogP contribution in [0.2, 0.25) is 0 Å². The van der Waals surface area contributed by atoms with Crippen molar-refractivity contribution < 1.29 is 19.1 Å². The minimum absolute atomic E-state index is 0. The molecule has 0 heterocycles. The minimum atomic E-state index is -0.587. The molecule has 7 nitrogen and oxygen atoms in total. The minimum Gasteiger partial charge on any atom is -0.493 e. The zero-order chi connectivity index (χ0) is 16.1. The first-order valence-electron chi connectivity index (χ1n) is 7.15. The van der Waals surface area contributed by atoms with Crippen molar-refractivity contribution in [2.45, 2.75) is 25.3 Å². The van der Waals surface area contributed by atoms with Gasteiger partial charge in [-0.2, -0.15) is 0 Å². The van der Waals surface area contributed by atoms with Crippen molar-refractivity contribution in [1.82, 2.24) is 0 Å². The maximum atomic E-state index is 12.2. The molecule has 0 aliphatic heterocycles. The van der Waals surface area contributed by atoms with Gasteiger partial charge >= 0.3 is 0 Å². The molecule has 23 heavy (non-hydrogen) atoms. The summed E-state index contributed by atoms with van der Waals surface area (Å²) >= 11 is 0. The summed E-state index contributed by atoms with van der Waals surface area (Å²) in [6, 6.07) is 5.07. The lowest BCUT2D eigenvalue weighted by atomic mass is 10.1. The second-order valence-electron chi connectivity index (χ2n) is 5.38. The van der Waals surface area contributed by atoms with E-state index in [4.69, 9.17) is 20.9 Å². The summed E-state index contributed by atoms with van der Waals surface area (Å²) in [6.45, 7) is -0.259. The average molecular weight is 344 g/mol. The first kappa shape index (κ1) is 19.1. The van der Waals surface area contributed by atoms with Crippen molar-refractivity contribution in [1.29, 1.82) is 0 Å². The van der Waals surface area contributed by atoms with Crippen LogP contribution >= 0.6 is 12.4 Å². The number of carbonyl (C=O) groups is 2. The Bertz CT molecular complexity index is 568. The van der Waals surface area contributed by atoms with Gasteiger partial charge in [-0.05, 0) is 31.4 Å². The molecule has 0 saturated heterocycles. The van der Waals surface area contributed by atoms with Gasteiger partial charge in [0, 0.05) is 23.7 Å². The number of anilines is 1. The van der Waals surface area contributed by atoms with Crippen molar-refractivity contribution in [3.05, 3.63) is 18.2 Å². The number of benzene rings is 1. The molecule has 1 aliphatic rings. The van der Waals surface area contributed by atoms with Crippen LogP contribution in [0, 0.1) is 5.92 Å². The summed E-state index contributed by atoms with van der Waals surface area (Å²) in [5.41, 5.74) is 11.5. The Kier molecular flexibility index (Phi) is 7.12. The van der Waals surface area contributed by atoms with Crippen LogP contribution in [0.3, 0.4) is 0 Å². The molecule has 1 saturated carbocycles. The van der Waals surface area contributed by atoms with E-state index in [1.54, 1.807) is 18.2 Å². The number of amides is 2. The van der Waals surface area contributed by atoms with Gasteiger partial charge in [0.2, 0.25) is 5.91 Å². The zero-order valence-corrected chi connectivity index (χ0v) is 13.7. The summed E-state index contributed by atoms with van der Waals surface area (Å²) in [5.74, 6) is 0.104. The summed E-state index contributed by atoms with van der Waals surface area (Å²) < 4.78 is 10.4. The van der Waals surface area contributed by atoms with Gasteiger partial charge in [0.25, 0.3) is 5.91 Å². The molecule has 5 N–H and O–H groups in total. The maximum absolute atomic E-state index is 12.2. The molecule has 8 heteroatoms. The molecule has 1 aromatic carbocycles. The predicted molar refractivity (Wildman–Crippen MR) is 88.9 cm³/mol. The maximum Gasteiger partial charge on any atom is 0.255 e. The monoisotopic (exact) mass is 343 g/mol. The Morgan fingerprint density at radius 2 is 2.04 bits per heavy atom. The highest BCUT2D eigenvalue weighted by Crippen LogP contribution is 2.31. The number of nitrogens with one attached hydrogen (secondary N) is 1. The fourth-order valence-electron chi connectivity index (χ4n) is 2.52. The van der Waals surface area contributed by atoms with Gasteiger partial charge in [-0.25, -0.2) is 0 Å². The smallest absolute Gasteiger partial charge is 0.255 e. The Morgan fingerprint density at radius 1 is 1.30 bits per heavy atom. The van der Waals surface area contributed by atoms with Crippen LogP contribution in [-0.4, -0.2) is 31.6 Å². The number of primary amides is 1. The molecule has 128 valence electrons. The van der Waals surface area contributed by atoms with Crippen molar-refractivity contribution >= 4 is 29.9 Å². The Labute approximate surface area is 141 Å². The number of halogens is 1. The van der Waals surface area contributed by atoms with E-state index in [1.165, 1.54) is 7.11 Å². The van der Waals surface area contributed by atoms with Crippen molar-refractivity contribution in [3.63, 3.8) is 0 Å². The van der Waals surface area contributed by atoms with E-state index >= 15 is 0 Å². The van der Waals surface area contributed by atoms with Crippen molar-refractivity contribution in [3.8, 4) is 11.5 Å². The lowest BCUT2D eigenvalue weighted by molar-refractivity contribution is -0.120. The number of nitrogens with two attached hydrogens (primary N) is 2. The van der Waals surface area contributed by atoms with Crippen molar-refractivity contribution in [2.75, 3.05) is 19.0 Å². The zero-order valence-electron chi connectivity index (χ0n) is 12.9. The lowest BCUT2D eigenvalue weighted by Crippen LogP contribution is -2.23. The van der Waals surface area contributed by atoms with Gasteiger partial charge < -0.3 is 26.3 Å². The lowest BCUT2D eigenvalue weighted by Gasteiger charge is -2.14. The quantitative estimate of drug-likeness (QED) is 0.713. The first-order chi connectivity index (χ1) is 10.5.